The fraction of sp³-hybridized carbons (Fsp3) is 0.623. The van der Waals surface area contributed by atoms with Gasteiger partial charge in [0.05, 0.1) is 30.8 Å². The van der Waals surface area contributed by atoms with E-state index in [1.807, 2.05) is 37.3 Å². The van der Waals surface area contributed by atoms with Crippen LogP contribution < -0.4 is 10.6 Å². The molecular weight excluding hydrogens is 903 g/mol. The first-order valence-corrected chi connectivity index (χ1v) is 24.8. The number of carbonyl (C=O) groups excluding carboxylic acids is 2. The summed E-state index contributed by atoms with van der Waals surface area (Å²) < 4.78 is 2.27. The Morgan fingerprint density at radius 2 is 1.19 bits per heavy atom. The predicted molar refractivity (Wildman–Crippen MR) is 266 cm³/mol. The topological polar surface area (TPSA) is 301 Å². The normalized spacial score (nSPS) is 17.4. The Labute approximate surface area is 412 Å². The Hall–Kier alpha value is -4.40. The zero-order valence-electron chi connectivity index (χ0n) is 41.9. The van der Waals surface area contributed by atoms with Crippen LogP contribution in [0.4, 0.5) is 5.69 Å². The van der Waals surface area contributed by atoms with Crippen LogP contribution in [0, 0.1) is 0 Å². The molecule has 2 aromatic rings. The van der Waals surface area contributed by atoms with Crippen LogP contribution in [-0.2, 0) is 22.0 Å². The minimum absolute atomic E-state index is 0.182. The number of hydrogen-bond donors (Lipinski definition) is 13. The maximum atomic E-state index is 13.5. The SMILES string of the molecule is CCCCC[N+]1=C(/C=C/C=C(/C)C(C)(C)c2cc(C(=O)NCC(O)C(O)C(O)C(O)CO)ccc2CCCCCCCCCC(=O)O)C(C)(C)c2cc(C(=O)NCC(O)C(O)C(O)C(O)CO)ccc21. The molecule has 0 spiro atoms. The molecule has 70 heavy (non-hydrogen) atoms. The summed E-state index contributed by atoms with van der Waals surface area (Å²) in [4.78, 5) is 37.8. The fourth-order valence-corrected chi connectivity index (χ4v) is 8.74. The van der Waals surface area contributed by atoms with E-state index in [2.05, 4.69) is 62.0 Å². The number of aliphatic carboxylic acids is 1. The Morgan fingerprint density at radius 1 is 0.686 bits per heavy atom. The third-order valence-corrected chi connectivity index (χ3v) is 13.7. The highest BCUT2D eigenvalue weighted by atomic mass is 16.4. The van der Waals surface area contributed by atoms with Gasteiger partial charge >= 0.3 is 5.97 Å². The first-order chi connectivity index (χ1) is 33.0. The van der Waals surface area contributed by atoms with Crippen molar-refractivity contribution in [1.29, 1.82) is 0 Å². The molecule has 0 fully saturated rings. The number of carboxylic acid groups (broad SMARTS) is 1. The van der Waals surface area contributed by atoms with Gasteiger partial charge in [0.1, 0.15) is 43.2 Å². The monoisotopic (exact) mass is 985 g/mol. The standard InChI is InChI=1S/C53H81N3O14/c1-7-8-16-26-56-39-25-24-36(51(70)55-30-41(60)47(66)49(68)43(62)32-58)28-38(39)53(5,6)44(56)20-17-18-33(2)52(3,4)37-27-35(50(69)54-29-40(59)46(65)48(67)42(61)31-57)23-22-34(37)19-14-12-10-9-11-13-15-21-45(63)64/h17-18,20,22-25,27-28,40-43,46-49,57-62,65-68H,7-16,19,21,26,29-32H2,1-6H3,(H2-,54,55,63,64,69,70)/p+1/b20-17+,33-18-. The molecule has 0 saturated heterocycles. The third kappa shape index (κ3) is 16.6. The number of hydrogen-bond acceptors (Lipinski definition) is 13. The highest BCUT2D eigenvalue weighted by Gasteiger charge is 2.44. The van der Waals surface area contributed by atoms with Crippen molar-refractivity contribution in [3.63, 3.8) is 0 Å². The third-order valence-electron chi connectivity index (χ3n) is 13.7. The van der Waals surface area contributed by atoms with Gasteiger partial charge in [0.2, 0.25) is 5.69 Å². The van der Waals surface area contributed by atoms with Crippen molar-refractivity contribution < 1.29 is 75.1 Å². The molecule has 13 N–H and O–H groups in total. The average molecular weight is 985 g/mol. The van der Waals surface area contributed by atoms with Crippen molar-refractivity contribution >= 4 is 29.2 Å². The quantitative estimate of drug-likeness (QED) is 0.0285. The van der Waals surface area contributed by atoms with Crippen LogP contribution in [0.5, 0.6) is 0 Å². The predicted octanol–water partition coefficient (Wildman–Crippen LogP) is 2.81. The number of unbranched alkanes of at least 4 members (excludes halogenated alkanes) is 8. The van der Waals surface area contributed by atoms with E-state index in [0.717, 1.165) is 104 Å². The molecule has 2 amide bonds. The molecule has 0 saturated carbocycles. The van der Waals surface area contributed by atoms with E-state index in [4.69, 9.17) is 15.3 Å². The molecule has 8 atom stereocenters. The van der Waals surface area contributed by atoms with Gasteiger partial charge in [-0.3, -0.25) is 14.4 Å². The lowest BCUT2D eigenvalue weighted by Gasteiger charge is -2.30. The largest absolute Gasteiger partial charge is 0.481 e. The number of nitrogens with zero attached hydrogens (tertiary/aromatic N) is 1. The molecule has 8 unspecified atom stereocenters. The van der Waals surface area contributed by atoms with Crippen LogP contribution in [0.2, 0.25) is 0 Å². The van der Waals surface area contributed by atoms with Crippen LogP contribution >= 0.6 is 0 Å². The summed E-state index contributed by atoms with van der Waals surface area (Å²) in [5.41, 5.74) is 5.35. The molecule has 1 aliphatic rings. The number of carbonyl (C=O) groups is 3. The first-order valence-electron chi connectivity index (χ1n) is 24.8. The fourth-order valence-electron chi connectivity index (χ4n) is 8.74. The van der Waals surface area contributed by atoms with Crippen molar-refractivity contribution in [1.82, 2.24) is 10.6 Å². The molecular formula is C53H82N3O14+. The molecule has 0 aromatic heterocycles. The minimum atomic E-state index is -1.83. The second kappa shape index (κ2) is 28.6. The van der Waals surface area contributed by atoms with Gasteiger partial charge in [-0.15, -0.1) is 0 Å². The lowest BCUT2D eigenvalue weighted by molar-refractivity contribution is -0.438. The minimum Gasteiger partial charge on any atom is -0.481 e. The van der Waals surface area contributed by atoms with E-state index in [9.17, 15) is 55.2 Å². The van der Waals surface area contributed by atoms with Gasteiger partial charge in [-0.2, -0.15) is 4.58 Å². The van der Waals surface area contributed by atoms with Crippen molar-refractivity contribution in [2.24, 2.45) is 0 Å². The maximum absolute atomic E-state index is 13.5. The Balaban J connectivity index is 1.92. The molecule has 17 nitrogen and oxygen atoms in total. The van der Waals surface area contributed by atoms with E-state index in [1.165, 1.54) is 0 Å². The summed E-state index contributed by atoms with van der Waals surface area (Å²) in [5.74, 6) is -1.81. The number of carboxylic acids is 1. The van der Waals surface area contributed by atoms with Crippen molar-refractivity contribution in [2.45, 2.75) is 178 Å². The second-order valence-electron chi connectivity index (χ2n) is 19.7. The van der Waals surface area contributed by atoms with Gasteiger partial charge in [-0.1, -0.05) is 83.1 Å². The molecule has 0 radical (unpaired) electrons. The van der Waals surface area contributed by atoms with Crippen LogP contribution in [0.1, 0.15) is 150 Å². The van der Waals surface area contributed by atoms with E-state index >= 15 is 0 Å². The lowest BCUT2D eigenvalue weighted by Crippen LogP contribution is -2.49. The van der Waals surface area contributed by atoms with Gasteiger partial charge < -0.3 is 66.8 Å². The number of benzene rings is 2. The van der Waals surface area contributed by atoms with Crippen LogP contribution in [-0.4, -0.2) is 166 Å². The van der Waals surface area contributed by atoms with E-state index in [-0.39, 0.29) is 6.42 Å². The van der Waals surface area contributed by atoms with Gasteiger partial charge in [-0.05, 0) is 81.8 Å². The van der Waals surface area contributed by atoms with E-state index in [0.29, 0.717) is 17.5 Å². The van der Waals surface area contributed by atoms with Crippen molar-refractivity contribution in [2.75, 3.05) is 32.8 Å². The Kier molecular flexibility index (Phi) is 24.5. The number of nitrogens with one attached hydrogen (secondary N) is 2. The molecule has 392 valence electrons. The molecule has 17 heteroatoms. The van der Waals surface area contributed by atoms with E-state index < -0.39 is 104 Å². The number of aliphatic hydroxyl groups excluding tert-OH is 10. The van der Waals surface area contributed by atoms with Crippen molar-refractivity contribution in [3.8, 4) is 0 Å². The highest BCUT2D eigenvalue weighted by Crippen LogP contribution is 2.41. The van der Waals surface area contributed by atoms with Crippen LogP contribution in [0.15, 0.2) is 60.2 Å². The maximum Gasteiger partial charge on any atom is 0.303 e. The highest BCUT2D eigenvalue weighted by molar-refractivity contribution is 6.04. The van der Waals surface area contributed by atoms with Crippen LogP contribution in [0.3, 0.4) is 0 Å². The number of aliphatic hydroxyl groups is 10. The average Bonchev–Trinajstić information content (AvgIpc) is 3.55. The molecule has 3 rings (SSSR count). The molecule has 1 heterocycles. The van der Waals surface area contributed by atoms with Crippen LogP contribution in [0.25, 0.3) is 0 Å². The Bertz CT molecular complexity index is 2100. The number of allylic oxidation sites excluding steroid dienone is 4. The number of fused-ring (bicyclic) bond motifs is 1. The first kappa shape index (κ1) is 59.9. The summed E-state index contributed by atoms with van der Waals surface area (Å²) in [6.45, 7) is 10.8. The lowest BCUT2D eigenvalue weighted by atomic mass is 9.74. The zero-order chi connectivity index (χ0) is 52.3. The summed E-state index contributed by atoms with van der Waals surface area (Å²) in [5, 5.41) is 113. The van der Waals surface area contributed by atoms with Gasteiger partial charge in [0, 0.05) is 60.2 Å². The number of rotatable bonds is 32. The van der Waals surface area contributed by atoms with Gasteiger partial charge in [0.25, 0.3) is 11.8 Å². The zero-order valence-corrected chi connectivity index (χ0v) is 41.9. The Morgan fingerprint density at radius 3 is 1.71 bits per heavy atom. The van der Waals surface area contributed by atoms with Crippen molar-refractivity contribution in [3.05, 3.63) is 88.0 Å². The van der Waals surface area contributed by atoms with Gasteiger partial charge in [-0.25, -0.2) is 0 Å². The second-order valence-corrected chi connectivity index (χ2v) is 19.7. The molecule has 2 aromatic carbocycles. The summed E-state index contributed by atoms with van der Waals surface area (Å²) in [7, 11) is 0. The summed E-state index contributed by atoms with van der Waals surface area (Å²) >= 11 is 0. The number of aryl methyl sites for hydroxylation is 1. The molecule has 0 bridgehead atoms. The van der Waals surface area contributed by atoms with Gasteiger partial charge in [0.15, 0.2) is 5.71 Å². The molecule has 1 aliphatic heterocycles. The molecule has 0 aliphatic carbocycles. The van der Waals surface area contributed by atoms with E-state index in [1.54, 1.807) is 12.1 Å². The summed E-state index contributed by atoms with van der Waals surface area (Å²) in [6.07, 6.45) is 2.58. The summed E-state index contributed by atoms with van der Waals surface area (Å²) in [6, 6.07) is 10.9. The number of amides is 2. The smallest absolute Gasteiger partial charge is 0.303 e.